The first-order valence-electron chi connectivity index (χ1n) is 5.69. The normalized spacial score (nSPS) is 20.1. The summed E-state index contributed by atoms with van der Waals surface area (Å²) in [5.41, 5.74) is 0.490. The largest absolute Gasteiger partial charge is 0.477 e. The summed E-state index contributed by atoms with van der Waals surface area (Å²) in [6, 6.07) is 0.210. The van der Waals surface area contributed by atoms with Gasteiger partial charge in [-0.1, -0.05) is 11.3 Å². The lowest BCUT2D eigenvalue weighted by Crippen LogP contribution is -2.43. The molecule has 1 aliphatic rings. The van der Waals surface area contributed by atoms with E-state index in [9.17, 15) is 4.79 Å². The summed E-state index contributed by atoms with van der Waals surface area (Å²) in [5.74, 6) is -0.952. The van der Waals surface area contributed by atoms with E-state index < -0.39 is 5.97 Å². The van der Waals surface area contributed by atoms with Crippen LogP contribution in [0.25, 0.3) is 0 Å². The van der Waals surface area contributed by atoms with Crippen molar-refractivity contribution in [1.29, 1.82) is 0 Å². The molecule has 0 bridgehead atoms. The van der Waals surface area contributed by atoms with Crippen LogP contribution in [0, 0.1) is 0 Å². The average molecular weight is 272 g/mol. The fourth-order valence-electron chi connectivity index (χ4n) is 1.88. The Morgan fingerprint density at radius 1 is 1.72 bits per heavy atom. The number of aromatic nitrogens is 1. The molecule has 1 aliphatic heterocycles. The third kappa shape index (κ3) is 2.63. The van der Waals surface area contributed by atoms with E-state index in [1.54, 1.807) is 0 Å². The van der Waals surface area contributed by atoms with Crippen LogP contribution in [-0.4, -0.2) is 49.0 Å². The molecule has 1 aromatic heterocycles. The maximum atomic E-state index is 11.1. The van der Waals surface area contributed by atoms with E-state index in [1.165, 1.54) is 18.4 Å². The molecule has 1 N–H and O–H groups in total. The van der Waals surface area contributed by atoms with Gasteiger partial charge in [0.15, 0.2) is 5.13 Å². The van der Waals surface area contributed by atoms with Crippen molar-refractivity contribution >= 4 is 22.4 Å². The molecule has 0 amide bonds. The Balaban J connectivity index is 2.27. The highest BCUT2D eigenvalue weighted by molar-refractivity contribution is 7.17. The zero-order valence-corrected chi connectivity index (χ0v) is 11.2. The third-order valence-corrected chi connectivity index (χ3v) is 3.90. The number of carboxylic acids is 1. The Morgan fingerprint density at radius 3 is 3.11 bits per heavy atom. The van der Waals surface area contributed by atoms with E-state index in [4.69, 9.17) is 14.6 Å². The zero-order valence-electron chi connectivity index (χ0n) is 10.4. The summed E-state index contributed by atoms with van der Waals surface area (Å²) in [4.78, 5) is 17.9. The Labute approximate surface area is 109 Å². The molecule has 0 saturated carbocycles. The van der Waals surface area contributed by atoms with Crippen molar-refractivity contribution in [2.24, 2.45) is 0 Å². The summed E-state index contributed by atoms with van der Waals surface area (Å²) in [5, 5.41) is 9.87. The molecule has 1 fully saturated rings. The van der Waals surface area contributed by atoms with Crippen molar-refractivity contribution in [3.8, 4) is 0 Å². The van der Waals surface area contributed by atoms with Crippen molar-refractivity contribution < 1.29 is 19.4 Å². The average Bonchev–Trinajstić information content (AvgIpc) is 2.74. The summed E-state index contributed by atoms with van der Waals surface area (Å²) >= 11 is 1.20. The molecule has 0 spiro atoms. The number of ether oxygens (including phenoxy) is 2. The van der Waals surface area contributed by atoms with Crippen LogP contribution in [0.1, 0.15) is 22.3 Å². The van der Waals surface area contributed by atoms with Gasteiger partial charge in [-0.15, -0.1) is 0 Å². The van der Waals surface area contributed by atoms with E-state index in [1.807, 2.05) is 6.92 Å². The number of anilines is 1. The van der Waals surface area contributed by atoms with E-state index in [-0.39, 0.29) is 17.5 Å². The molecule has 2 rings (SSSR count). The predicted octanol–water partition coefficient (Wildman–Crippen LogP) is 1.21. The highest BCUT2D eigenvalue weighted by Crippen LogP contribution is 2.29. The van der Waals surface area contributed by atoms with Gasteiger partial charge in [-0.3, -0.25) is 0 Å². The number of hydrogen-bond acceptors (Lipinski definition) is 6. The first kappa shape index (κ1) is 13.3. The van der Waals surface area contributed by atoms with Gasteiger partial charge in [0, 0.05) is 13.7 Å². The smallest absolute Gasteiger partial charge is 0.347 e. The Kier molecular flexibility index (Phi) is 4.15. The van der Waals surface area contributed by atoms with Crippen LogP contribution >= 0.6 is 11.3 Å². The van der Waals surface area contributed by atoms with Gasteiger partial charge in [-0.05, 0) is 6.92 Å². The molecular formula is C11H16N2O4S. The topological polar surface area (TPSA) is 71.9 Å². The first-order chi connectivity index (χ1) is 8.63. The van der Waals surface area contributed by atoms with E-state index in [0.29, 0.717) is 18.9 Å². The minimum atomic E-state index is -0.952. The van der Waals surface area contributed by atoms with Crippen LogP contribution in [-0.2, 0) is 16.1 Å². The van der Waals surface area contributed by atoms with Gasteiger partial charge < -0.3 is 19.5 Å². The fourth-order valence-corrected chi connectivity index (χ4v) is 2.91. The maximum Gasteiger partial charge on any atom is 0.347 e. The molecule has 1 saturated heterocycles. The Bertz CT molecular complexity index is 435. The number of carbonyl (C=O) groups is 1. The molecular weight excluding hydrogens is 256 g/mol. The maximum absolute atomic E-state index is 11.1. The molecule has 7 heteroatoms. The number of aromatic carboxylic acids is 1. The number of hydrogen-bond donors (Lipinski definition) is 1. The molecule has 0 aromatic carbocycles. The molecule has 0 aliphatic carbocycles. The lowest BCUT2D eigenvalue weighted by molar-refractivity contribution is 0.0697. The van der Waals surface area contributed by atoms with Crippen molar-refractivity contribution in [2.45, 2.75) is 19.6 Å². The molecule has 100 valence electrons. The number of nitrogens with zero attached hydrogens (tertiary/aromatic N) is 2. The fraction of sp³-hybridized carbons (Fsp3) is 0.636. The second-order valence-corrected chi connectivity index (χ2v) is 5.11. The summed E-state index contributed by atoms with van der Waals surface area (Å²) in [6.07, 6.45) is 0. The van der Waals surface area contributed by atoms with Gasteiger partial charge in [0.05, 0.1) is 31.6 Å². The molecule has 6 nitrogen and oxygen atoms in total. The molecule has 18 heavy (non-hydrogen) atoms. The SMILES string of the molecule is COCc1nc(N2CCOCC2C)sc1C(=O)O. The molecule has 1 atom stereocenters. The lowest BCUT2D eigenvalue weighted by Gasteiger charge is -2.32. The summed E-state index contributed by atoms with van der Waals surface area (Å²) in [6.45, 7) is 4.28. The summed E-state index contributed by atoms with van der Waals surface area (Å²) in [7, 11) is 1.53. The molecule has 1 unspecified atom stereocenters. The third-order valence-electron chi connectivity index (χ3n) is 2.77. The van der Waals surface area contributed by atoms with Gasteiger partial charge in [0.2, 0.25) is 0 Å². The number of morpholine rings is 1. The predicted molar refractivity (Wildman–Crippen MR) is 67.4 cm³/mol. The Hall–Kier alpha value is -1.18. The van der Waals surface area contributed by atoms with Crippen LogP contribution in [0.3, 0.4) is 0 Å². The van der Waals surface area contributed by atoms with E-state index in [0.717, 1.165) is 11.7 Å². The van der Waals surface area contributed by atoms with Crippen LogP contribution in [0.5, 0.6) is 0 Å². The zero-order chi connectivity index (χ0) is 13.1. The van der Waals surface area contributed by atoms with E-state index in [2.05, 4.69) is 9.88 Å². The summed E-state index contributed by atoms with van der Waals surface area (Å²) < 4.78 is 10.3. The van der Waals surface area contributed by atoms with Crippen LogP contribution in [0.15, 0.2) is 0 Å². The number of thiazole rings is 1. The van der Waals surface area contributed by atoms with Crippen LogP contribution < -0.4 is 4.90 Å². The van der Waals surface area contributed by atoms with Gasteiger partial charge in [-0.25, -0.2) is 9.78 Å². The lowest BCUT2D eigenvalue weighted by atomic mass is 10.3. The molecule has 1 aromatic rings. The van der Waals surface area contributed by atoms with Gasteiger partial charge in [-0.2, -0.15) is 0 Å². The van der Waals surface area contributed by atoms with E-state index >= 15 is 0 Å². The highest BCUT2D eigenvalue weighted by atomic mass is 32.1. The van der Waals surface area contributed by atoms with Crippen LogP contribution in [0.2, 0.25) is 0 Å². The minimum Gasteiger partial charge on any atom is -0.477 e. The van der Waals surface area contributed by atoms with Crippen molar-refractivity contribution in [3.05, 3.63) is 10.6 Å². The second kappa shape index (κ2) is 5.64. The highest BCUT2D eigenvalue weighted by Gasteiger charge is 2.25. The molecule has 2 heterocycles. The number of rotatable bonds is 4. The minimum absolute atomic E-state index is 0.210. The molecule has 0 radical (unpaired) electrons. The first-order valence-corrected chi connectivity index (χ1v) is 6.51. The van der Waals surface area contributed by atoms with Crippen molar-refractivity contribution in [2.75, 3.05) is 31.8 Å². The number of methoxy groups -OCH3 is 1. The number of carboxylic acid groups (broad SMARTS) is 1. The Morgan fingerprint density at radius 2 is 2.50 bits per heavy atom. The van der Waals surface area contributed by atoms with Crippen LogP contribution in [0.4, 0.5) is 5.13 Å². The van der Waals surface area contributed by atoms with Gasteiger partial charge >= 0.3 is 5.97 Å². The van der Waals surface area contributed by atoms with Crippen molar-refractivity contribution in [1.82, 2.24) is 4.98 Å². The standard InChI is InChI=1S/C11H16N2O4S/c1-7-5-17-4-3-13(7)11-12-8(6-16-2)9(18-11)10(14)15/h7H,3-6H2,1-2H3,(H,14,15). The van der Waals surface area contributed by atoms with Gasteiger partial charge in [0.1, 0.15) is 4.88 Å². The second-order valence-electron chi connectivity index (χ2n) is 4.13. The quantitative estimate of drug-likeness (QED) is 0.888. The van der Waals surface area contributed by atoms with Gasteiger partial charge in [0.25, 0.3) is 0 Å². The monoisotopic (exact) mass is 272 g/mol. The van der Waals surface area contributed by atoms with Crippen molar-refractivity contribution in [3.63, 3.8) is 0 Å².